The molecule has 0 fully saturated rings. The SMILES string of the molecule is O=P(c1ccccc1)(c1ccccc1)c1c2ccccc2c(-c2ccc3c(c2)Sc2nc4ccccc4nc2S3)c2ccccc12.O=P(c1ccccc1)(c1ccccc1)c1ccc(-c2ccc3c(c2)Sc2nc4ccccc4nc2S3)cc1.O=P(c1ccccc1)(c1ccccc1)c1cccc(-c2ccc3c(c2)Sc2nc4ccccc4nc2S3)c1. The summed E-state index contributed by atoms with van der Waals surface area (Å²) in [4.78, 5) is 36.3. The minimum absolute atomic E-state index is 0.829. The monoisotopic (exact) mass is 1730 g/mol. The zero-order valence-corrected chi connectivity index (χ0v) is 72.5. The molecule has 122 heavy (non-hydrogen) atoms. The van der Waals surface area contributed by atoms with E-state index >= 15 is 4.57 Å². The van der Waals surface area contributed by atoms with Crippen LogP contribution in [0.5, 0.6) is 0 Å². The van der Waals surface area contributed by atoms with Gasteiger partial charge in [0.25, 0.3) is 0 Å². The van der Waals surface area contributed by atoms with Crippen LogP contribution >= 0.6 is 92.0 Å². The maximum atomic E-state index is 15.9. The molecule has 3 aliphatic rings. The highest BCUT2D eigenvalue weighted by Gasteiger charge is 2.37. The summed E-state index contributed by atoms with van der Waals surface area (Å²) in [5, 5.41) is 17.4. The van der Waals surface area contributed by atoms with Crippen LogP contribution in [0, 0.1) is 0 Å². The van der Waals surface area contributed by atoms with Crippen LogP contribution in [0.3, 0.4) is 0 Å². The minimum Gasteiger partial charge on any atom is -0.309 e. The molecule has 17 aromatic carbocycles. The largest absolute Gasteiger partial charge is 0.309 e. The highest BCUT2D eigenvalue weighted by atomic mass is 32.2. The Kier molecular flexibility index (Phi) is 21.0. The molecular formula is C104H67N6O3P3S6. The Hall–Kier alpha value is -11.9. The maximum absolute atomic E-state index is 15.9. The van der Waals surface area contributed by atoms with Crippen LogP contribution in [-0.2, 0) is 13.7 Å². The van der Waals surface area contributed by atoms with E-state index in [1.165, 1.54) is 19.6 Å². The third kappa shape index (κ3) is 14.5. The van der Waals surface area contributed by atoms with Gasteiger partial charge in [-0.05, 0) is 134 Å². The molecule has 20 aromatic rings. The molecule has 0 unspecified atom stereocenters. The van der Waals surface area contributed by atoms with Gasteiger partial charge in [-0.2, -0.15) is 0 Å². The predicted molar refractivity (Wildman–Crippen MR) is 512 cm³/mol. The fourth-order valence-corrected chi connectivity index (χ4v) is 30.9. The molecule has 582 valence electrons. The van der Waals surface area contributed by atoms with E-state index in [1.807, 2.05) is 279 Å². The Morgan fingerprint density at radius 2 is 0.410 bits per heavy atom. The summed E-state index contributed by atoms with van der Waals surface area (Å²) in [7, 11) is -9.30. The fraction of sp³-hybridized carbons (Fsp3) is 0. The topological polar surface area (TPSA) is 129 Å². The smallest absolute Gasteiger partial charge is 0.172 e. The molecule has 23 rings (SSSR count). The zero-order valence-electron chi connectivity index (χ0n) is 64.9. The lowest BCUT2D eigenvalue weighted by atomic mass is 9.92. The van der Waals surface area contributed by atoms with Crippen molar-refractivity contribution in [1.29, 1.82) is 0 Å². The molecule has 0 aliphatic carbocycles. The molecule has 0 atom stereocenters. The average molecular weight is 1730 g/mol. The van der Waals surface area contributed by atoms with Crippen LogP contribution in [0.2, 0.25) is 0 Å². The molecule has 18 heteroatoms. The fourth-order valence-electron chi connectivity index (χ4n) is 16.1. The van der Waals surface area contributed by atoms with E-state index in [2.05, 4.69) is 127 Å². The van der Waals surface area contributed by atoms with Gasteiger partial charge in [-0.15, -0.1) is 0 Å². The Morgan fingerprint density at radius 1 is 0.172 bits per heavy atom. The number of hydrogen-bond acceptors (Lipinski definition) is 15. The van der Waals surface area contributed by atoms with E-state index in [1.54, 1.807) is 70.6 Å². The summed E-state index contributed by atoms with van der Waals surface area (Å²) in [5.41, 5.74) is 12.1. The molecule has 3 aromatic heterocycles. The first-order valence-corrected chi connectivity index (χ1v) is 49.7. The number of hydrogen-bond donors (Lipinski definition) is 0. The number of aromatic nitrogens is 6. The number of nitrogens with zero attached hydrogens (tertiary/aromatic N) is 6. The summed E-state index contributed by atoms with van der Waals surface area (Å²) in [6, 6.07) is 136. The van der Waals surface area contributed by atoms with E-state index in [9.17, 15) is 9.13 Å². The third-order valence-electron chi connectivity index (χ3n) is 21.9. The van der Waals surface area contributed by atoms with Gasteiger partial charge in [-0.3, -0.25) is 0 Å². The summed E-state index contributed by atoms with van der Waals surface area (Å²) in [5.74, 6) is 0. The Bertz CT molecular complexity index is 7460. The van der Waals surface area contributed by atoms with E-state index in [-0.39, 0.29) is 0 Å². The van der Waals surface area contributed by atoms with Crippen molar-refractivity contribution in [3.8, 4) is 33.4 Å². The first-order chi connectivity index (χ1) is 60.0. The van der Waals surface area contributed by atoms with Gasteiger partial charge in [0.05, 0.1) is 33.1 Å². The van der Waals surface area contributed by atoms with Gasteiger partial charge in [0.15, 0.2) is 21.4 Å². The first-order valence-electron chi connectivity index (χ1n) is 39.7. The molecule has 0 radical (unpaired) electrons. The summed E-state index contributed by atoms with van der Waals surface area (Å²) in [6.07, 6.45) is 0. The summed E-state index contributed by atoms with van der Waals surface area (Å²) in [6.45, 7) is 0. The molecule has 0 amide bonds. The van der Waals surface area contributed by atoms with Crippen LogP contribution in [-0.4, -0.2) is 29.9 Å². The number of rotatable bonds is 12. The second kappa shape index (κ2) is 33.1. The van der Waals surface area contributed by atoms with Crippen LogP contribution in [0.1, 0.15) is 0 Å². The van der Waals surface area contributed by atoms with Gasteiger partial charge >= 0.3 is 0 Å². The molecule has 0 saturated heterocycles. The Morgan fingerprint density at radius 3 is 0.754 bits per heavy atom. The van der Waals surface area contributed by atoms with Crippen molar-refractivity contribution in [3.63, 3.8) is 0 Å². The van der Waals surface area contributed by atoms with E-state index in [0.29, 0.717) is 0 Å². The summed E-state index contributed by atoms with van der Waals surface area (Å²) >= 11 is 10.0. The molecule has 9 nitrogen and oxygen atoms in total. The first kappa shape index (κ1) is 77.4. The van der Waals surface area contributed by atoms with Gasteiger partial charge in [0.2, 0.25) is 0 Å². The van der Waals surface area contributed by atoms with Crippen molar-refractivity contribution in [2.24, 2.45) is 0 Å². The summed E-state index contributed by atoms with van der Waals surface area (Å²) < 4.78 is 45.4. The quantitative estimate of drug-likeness (QED) is 0.0849. The maximum Gasteiger partial charge on any atom is 0.172 e. The number of benzene rings is 17. The van der Waals surface area contributed by atoms with Crippen LogP contribution in [0.25, 0.3) is 88.0 Å². The lowest BCUT2D eigenvalue weighted by Gasteiger charge is -2.25. The number of para-hydroxylation sites is 6. The van der Waals surface area contributed by atoms with Gasteiger partial charge in [0, 0.05) is 77.1 Å². The van der Waals surface area contributed by atoms with Gasteiger partial charge in [-0.25, -0.2) is 29.9 Å². The van der Waals surface area contributed by atoms with Gasteiger partial charge < -0.3 is 13.7 Å². The van der Waals surface area contributed by atoms with Crippen molar-refractivity contribution in [2.75, 3.05) is 0 Å². The van der Waals surface area contributed by atoms with Gasteiger partial charge in [-0.1, -0.05) is 398 Å². The Labute approximate surface area is 731 Å². The van der Waals surface area contributed by atoms with E-state index < -0.39 is 21.4 Å². The normalized spacial score (nSPS) is 12.7. The lowest BCUT2D eigenvalue weighted by molar-refractivity contribution is 0.591. The number of fused-ring (bicyclic) bond motifs is 11. The van der Waals surface area contributed by atoms with Crippen molar-refractivity contribution in [2.45, 2.75) is 59.5 Å². The van der Waals surface area contributed by atoms with Crippen LogP contribution < -0.4 is 47.7 Å². The van der Waals surface area contributed by atoms with Crippen molar-refractivity contribution in [3.05, 3.63) is 406 Å². The molecule has 0 bridgehead atoms. The Balaban J connectivity index is 0.000000113. The van der Waals surface area contributed by atoms with Crippen molar-refractivity contribution >= 4 is 194 Å². The second-order valence-electron chi connectivity index (χ2n) is 29.3. The molecule has 0 N–H and O–H groups in total. The van der Waals surface area contributed by atoms with Crippen molar-refractivity contribution < 1.29 is 13.7 Å². The average Bonchev–Trinajstić information content (AvgIpc) is 0.708. The lowest BCUT2D eigenvalue weighted by Crippen LogP contribution is -2.26. The molecule has 0 saturated carbocycles. The molecule has 0 spiro atoms. The zero-order chi connectivity index (χ0) is 81.7. The molecule has 6 heterocycles. The van der Waals surface area contributed by atoms with Crippen LogP contribution in [0.4, 0.5) is 0 Å². The van der Waals surface area contributed by atoms with Crippen molar-refractivity contribution in [1.82, 2.24) is 29.9 Å². The highest BCUT2D eigenvalue weighted by Crippen LogP contribution is 2.55. The van der Waals surface area contributed by atoms with Crippen LogP contribution in [0.15, 0.2) is 466 Å². The third-order valence-corrected chi connectivity index (χ3v) is 38.3. The van der Waals surface area contributed by atoms with E-state index in [0.717, 1.165) is 176 Å². The molecule has 3 aliphatic heterocycles. The standard InChI is InChI=1S/C40H25N2OPS2.2C32H21N2OPS2/c43-44(27-13-3-1-4-14-27,28-15-5-2-6-16-28)38-31-19-9-7-17-29(31)37(30-18-8-10-20-32(30)38)26-23-24-35-36(25-26)46-40-39(45-35)41-33-21-11-12-22-34(33)42-40;35-36(24-11-3-1-4-12-24,25-13-5-2-6-14-25)26-15-9-10-22(20-26)23-18-19-29-30(21-23)38-32-31(37-29)33-27-16-7-8-17-28(27)34-32;35-36(24-9-3-1-4-10-24,25-11-5-2-6-12-25)26-18-15-22(16-19-26)23-17-20-29-30(21-23)38-32-31(37-29)33-27-13-7-8-14-28(27)34-32/h1-25H;2*1-21H. The molecular weight excluding hydrogens is 1670 g/mol. The van der Waals surface area contributed by atoms with Gasteiger partial charge in [0.1, 0.15) is 30.2 Å². The predicted octanol–water partition coefficient (Wildman–Crippen LogP) is 25.0. The second-order valence-corrected chi connectivity index (χ2v) is 43.7. The highest BCUT2D eigenvalue weighted by molar-refractivity contribution is 8.06. The van der Waals surface area contributed by atoms with E-state index in [4.69, 9.17) is 29.9 Å². The minimum atomic E-state index is -3.28.